The van der Waals surface area contributed by atoms with Gasteiger partial charge in [-0.15, -0.1) is 0 Å². The van der Waals surface area contributed by atoms with Crippen molar-refractivity contribution in [3.8, 4) is 0 Å². The van der Waals surface area contributed by atoms with Crippen LogP contribution in [-0.4, -0.2) is 17.8 Å². The zero-order valence-electron chi connectivity index (χ0n) is 8.48. The summed E-state index contributed by atoms with van der Waals surface area (Å²) in [4.78, 5) is 5.25. The Kier molecular flexibility index (Phi) is 3.00. The van der Waals surface area contributed by atoms with Gasteiger partial charge in [0.2, 0.25) is 0 Å². The molecular weight excluding hydrogens is 197 g/mol. The highest BCUT2D eigenvalue weighted by molar-refractivity contribution is 5.21. The Balaban J connectivity index is 2.20. The van der Waals surface area contributed by atoms with E-state index in [0.29, 0.717) is 0 Å². The van der Waals surface area contributed by atoms with Gasteiger partial charge in [-0.25, -0.2) is 4.39 Å². The van der Waals surface area contributed by atoms with Gasteiger partial charge in [0.05, 0.1) is 18.8 Å². The third kappa shape index (κ3) is 2.02. The molecule has 82 valence electrons. The lowest BCUT2D eigenvalue weighted by Gasteiger charge is -2.17. The van der Waals surface area contributed by atoms with Gasteiger partial charge < -0.3 is 5.11 Å². The molecule has 2 rings (SSSR count). The molecule has 0 spiro atoms. The highest BCUT2D eigenvalue weighted by Gasteiger charge is 2.34. The SMILES string of the molecule is CC1ONC(c2ccc(F)cc2)C1CO. The summed E-state index contributed by atoms with van der Waals surface area (Å²) in [5.41, 5.74) is 3.79. The maximum absolute atomic E-state index is 12.7. The Morgan fingerprint density at radius 1 is 1.40 bits per heavy atom. The summed E-state index contributed by atoms with van der Waals surface area (Å²) >= 11 is 0. The van der Waals surface area contributed by atoms with Crippen molar-refractivity contribution >= 4 is 0 Å². The lowest BCUT2D eigenvalue weighted by molar-refractivity contribution is 0.0243. The predicted octanol–water partition coefficient (Wildman–Crippen LogP) is 1.40. The van der Waals surface area contributed by atoms with Crippen molar-refractivity contribution in [3.05, 3.63) is 35.6 Å². The molecule has 1 aromatic carbocycles. The number of halogens is 1. The molecule has 0 amide bonds. The molecule has 1 aliphatic rings. The van der Waals surface area contributed by atoms with Crippen LogP contribution < -0.4 is 5.48 Å². The molecule has 3 atom stereocenters. The Morgan fingerprint density at radius 2 is 2.07 bits per heavy atom. The number of nitrogens with one attached hydrogen (secondary N) is 1. The van der Waals surface area contributed by atoms with E-state index in [0.717, 1.165) is 5.56 Å². The van der Waals surface area contributed by atoms with Crippen molar-refractivity contribution in [1.29, 1.82) is 0 Å². The van der Waals surface area contributed by atoms with Crippen molar-refractivity contribution in [2.24, 2.45) is 5.92 Å². The second-order valence-corrected chi connectivity index (χ2v) is 3.82. The van der Waals surface area contributed by atoms with Crippen LogP contribution in [0.25, 0.3) is 0 Å². The number of benzene rings is 1. The van der Waals surface area contributed by atoms with E-state index in [4.69, 9.17) is 4.84 Å². The van der Waals surface area contributed by atoms with E-state index in [2.05, 4.69) is 5.48 Å². The minimum Gasteiger partial charge on any atom is -0.396 e. The van der Waals surface area contributed by atoms with Gasteiger partial charge in [0.25, 0.3) is 0 Å². The van der Waals surface area contributed by atoms with Crippen LogP contribution in [0.1, 0.15) is 18.5 Å². The first-order chi connectivity index (χ1) is 7.22. The van der Waals surface area contributed by atoms with Gasteiger partial charge in [-0.2, -0.15) is 5.48 Å². The van der Waals surface area contributed by atoms with Crippen LogP contribution >= 0.6 is 0 Å². The molecule has 1 heterocycles. The predicted molar refractivity (Wildman–Crippen MR) is 53.4 cm³/mol. The van der Waals surface area contributed by atoms with E-state index >= 15 is 0 Å². The molecule has 3 unspecified atom stereocenters. The van der Waals surface area contributed by atoms with E-state index < -0.39 is 0 Å². The quantitative estimate of drug-likeness (QED) is 0.777. The molecule has 0 bridgehead atoms. The van der Waals surface area contributed by atoms with Crippen molar-refractivity contribution in [2.75, 3.05) is 6.61 Å². The summed E-state index contributed by atoms with van der Waals surface area (Å²) in [6, 6.07) is 6.17. The first-order valence-electron chi connectivity index (χ1n) is 5.00. The van der Waals surface area contributed by atoms with Crippen LogP contribution in [0, 0.1) is 11.7 Å². The largest absolute Gasteiger partial charge is 0.396 e. The summed E-state index contributed by atoms with van der Waals surface area (Å²) in [6.45, 7) is 1.95. The number of aliphatic hydroxyl groups excluding tert-OH is 1. The van der Waals surface area contributed by atoms with E-state index in [-0.39, 0.29) is 30.5 Å². The summed E-state index contributed by atoms with van der Waals surface area (Å²) in [6.07, 6.45) is -0.0370. The van der Waals surface area contributed by atoms with E-state index in [1.165, 1.54) is 12.1 Å². The highest BCUT2D eigenvalue weighted by atomic mass is 19.1. The molecule has 1 aliphatic heterocycles. The van der Waals surface area contributed by atoms with Gasteiger partial charge in [0, 0.05) is 5.92 Å². The Bertz CT molecular complexity index is 328. The highest BCUT2D eigenvalue weighted by Crippen LogP contribution is 2.31. The lowest BCUT2D eigenvalue weighted by atomic mass is 9.91. The number of rotatable bonds is 2. The van der Waals surface area contributed by atoms with Crippen molar-refractivity contribution < 1.29 is 14.3 Å². The Morgan fingerprint density at radius 3 is 2.67 bits per heavy atom. The number of hydroxylamine groups is 1. The standard InChI is InChI=1S/C11H14FNO2/c1-7-10(6-14)11(13-15-7)8-2-4-9(12)5-3-8/h2-5,7,10-11,13-14H,6H2,1H3. The smallest absolute Gasteiger partial charge is 0.123 e. The second kappa shape index (κ2) is 4.26. The number of hydrogen-bond acceptors (Lipinski definition) is 3. The molecule has 0 aliphatic carbocycles. The van der Waals surface area contributed by atoms with Gasteiger partial charge in [-0.1, -0.05) is 12.1 Å². The molecule has 1 fully saturated rings. The fraction of sp³-hybridized carbons (Fsp3) is 0.455. The molecule has 0 saturated carbocycles. The monoisotopic (exact) mass is 211 g/mol. The van der Waals surface area contributed by atoms with Gasteiger partial charge in [0.15, 0.2) is 0 Å². The summed E-state index contributed by atoms with van der Waals surface area (Å²) < 4.78 is 12.7. The van der Waals surface area contributed by atoms with Crippen molar-refractivity contribution in [2.45, 2.75) is 19.1 Å². The zero-order chi connectivity index (χ0) is 10.8. The van der Waals surface area contributed by atoms with Crippen molar-refractivity contribution in [1.82, 2.24) is 5.48 Å². The van der Waals surface area contributed by atoms with Crippen molar-refractivity contribution in [3.63, 3.8) is 0 Å². The fourth-order valence-electron chi connectivity index (χ4n) is 1.87. The lowest BCUT2D eigenvalue weighted by Crippen LogP contribution is -2.22. The molecular formula is C11H14FNO2. The molecule has 1 aromatic rings. The number of aliphatic hydroxyl groups is 1. The maximum atomic E-state index is 12.7. The fourth-order valence-corrected chi connectivity index (χ4v) is 1.87. The van der Waals surface area contributed by atoms with Crippen LogP contribution in [0.15, 0.2) is 24.3 Å². The molecule has 0 radical (unpaired) electrons. The minimum atomic E-state index is -0.258. The average molecular weight is 211 g/mol. The summed E-state index contributed by atoms with van der Waals surface area (Å²) in [5, 5.41) is 9.23. The molecule has 15 heavy (non-hydrogen) atoms. The summed E-state index contributed by atoms with van der Waals surface area (Å²) in [5.74, 6) is -0.248. The first kappa shape index (κ1) is 10.5. The molecule has 3 nitrogen and oxygen atoms in total. The van der Waals surface area contributed by atoms with Crippen LogP contribution in [-0.2, 0) is 4.84 Å². The third-order valence-corrected chi connectivity index (χ3v) is 2.85. The molecule has 0 aromatic heterocycles. The van der Waals surface area contributed by atoms with E-state index in [9.17, 15) is 9.50 Å². The average Bonchev–Trinajstić information content (AvgIpc) is 2.61. The molecule has 2 N–H and O–H groups in total. The van der Waals surface area contributed by atoms with E-state index in [1.807, 2.05) is 6.92 Å². The third-order valence-electron chi connectivity index (χ3n) is 2.85. The first-order valence-corrected chi connectivity index (χ1v) is 5.00. The maximum Gasteiger partial charge on any atom is 0.123 e. The summed E-state index contributed by atoms with van der Waals surface area (Å²) in [7, 11) is 0. The molecule has 1 saturated heterocycles. The Hall–Kier alpha value is -0.970. The van der Waals surface area contributed by atoms with Crippen LogP contribution in [0.4, 0.5) is 4.39 Å². The second-order valence-electron chi connectivity index (χ2n) is 3.82. The van der Waals surface area contributed by atoms with Gasteiger partial charge in [0.1, 0.15) is 5.82 Å². The number of hydrogen-bond donors (Lipinski definition) is 2. The van der Waals surface area contributed by atoms with Crippen LogP contribution in [0.3, 0.4) is 0 Å². The topological polar surface area (TPSA) is 41.5 Å². The zero-order valence-corrected chi connectivity index (χ0v) is 8.48. The van der Waals surface area contributed by atoms with Gasteiger partial charge in [-0.05, 0) is 24.6 Å². The van der Waals surface area contributed by atoms with Gasteiger partial charge >= 0.3 is 0 Å². The van der Waals surface area contributed by atoms with Crippen LogP contribution in [0.5, 0.6) is 0 Å². The normalized spacial score (nSPS) is 30.7. The Labute approximate surface area is 87.8 Å². The van der Waals surface area contributed by atoms with Crippen LogP contribution in [0.2, 0.25) is 0 Å². The minimum absolute atomic E-state index is 0.00969. The van der Waals surface area contributed by atoms with E-state index in [1.54, 1.807) is 12.1 Å². The van der Waals surface area contributed by atoms with Gasteiger partial charge in [-0.3, -0.25) is 4.84 Å². The molecule has 4 heteroatoms.